The SMILES string of the molecule is CC(C)c1ccc(S(=O)(=O)NNC(=O)C2CCCCC2)cc1. The monoisotopic (exact) mass is 324 g/mol. The van der Waals surface area contributed by atoms with Crippen LogP contribution < -0.4 is 10.3 Å². The standard InChI is InChI=1S/C16H24N2O3S/c1-12(2)13-8-10-15(11-9-13)22(20,21)18-17-16(19)14-6-4-3-5-7-14/h8-12,14,18H,3-7H2,1-2H3,(H,17,19). The molecule has 1 aliphatic carbocycles. The maximum absolute atomic E-state index is 12.2. The first-order chi connectivity index (χ1) is 10.4. The smallest absolute Gasteiger partial charge is 0.257 e. The van der Waals surface area contributed by atoms with E-state index >= 15 is 0 Å². The lowest BCUT2D eigenvalue weighted by atomic mass is 9.89. The van der Waals surface area contributed by atoms with Crippen LogP contribution in [0.4, 0.5) is 0 Å². The van der Waals surface area contributed by atoms with E-state index in [9.17, 15) is 13.2 Å². The second kappa shape index (κ2) is 7.24. The molecule has 0 saturated heterocycles. The van der Waals surface area contributed by atoms with Gasteiger partial charge in [-0.2, -0.15) is 0 Å². The Bertz CT molecular complexity index is 603. The summed E-state index contributed by atoms with van der Waals surface area (Å²) >= 11 is 0. The fourth-order valence-electron chi connectivity index (χ4n) is 2.68. The zero-order chi connectivity index (χ0) is 16.2. The Labute approximate surface area is 132 Å². The Kier molecular flexibility index (Phi) is 5.58. The third-order valence-corrected chi connectivity index (χ3v) is 5.41. The van der Waals surface area contributed by atoms with Crippen molar-refractivity contribution >= 4 is 15.9 Å². The lowest BCUT2D eigenvalue weighted by Gasteiger charge is -2.20. The summed E-state index contributed by atoms with van der Waals surface area (Å²) in [6, 6.07) is 6.71. The molecule has 0 radical (unpaired) electrons. The van der Waals surface area contributed by atoms with Crippen LogP contribution >= 0.6 is 0 Å². The van der Waals surface area contributed by atoms with E-state index in [1.165, 1.54) is 0 Å². The van der Waals surface area contributed by atoms with E-state index in [4.69, 9.17) is 0 Å². The highest BCUT2D eigenvalue weighted by atomic mass is 32.2. The van der Waals surface area contributed by atoms with Crippen LogP contribution in [0, 0.1) is 5.92 Å². The number of rotatable bonds is 5. The quantitative estimate of drug-likeness (QED) is 0.818. The molecule has 1 fully saturated rings. The maximum atomic E-state index is 12.2. The molecule has 122 valence electrons. The van der Waals surface area contributed by atoms with Crippen molar-refractivity contribution in [1.82, 2.24) is 10.3 Å². The first-order valence-corrected chi connectivity index (χ1v) is 9.30. The number of benzene rings is 1. The molecule has 0 atom stereocenters. The summed E-state index contributed by atoms with van der Waals surface area (Å²) in [5, 5.41) is 0. The van der Waals surface area contributed by atoms with E-state index < -0.39 is 10.0 Å². The zero-order valence-corrected chi connectivity index (χ0v) is 13.9. The Morgan fingerprint density at radius 3 is 2.23 bits per heavy atom. The first kappa shape index (κ1) is 17.0. The van der Waals surface area contributed by atoms with Crippen LogP contribution in [0.5, 0.6) is 0 Å². The minimum atomic E-state index is -3.72. The molecule has 1 aromatic carbocycles. The summed E-state index contributed by atoms with van der Waals surface area (Å²) in [5.74, 6) is 0.0255. The molecule has 0 heterocycles. The fourth-order valence-corrected chi connectivity index (χ4v) is 3.52. The average Bonchev–Trinajstić information content (AvgIpc) is 2.53. The predicted octanol–water partition coefficient (Wildman–Crippen LogP) is 2.70. The van der Waals surface area contributed by atoms with E-state index in [0.29, 0.717) is 5.92 Å². The molecule has 0 aliphatic heterocycles. The third-order valence-electron chi connectivity index (χ3n) is 4.14. The minimum Gasteiger partial charge on any atom is -0.277 e. The second-order valence-electron chi connectivity index (χ2n) is 6.15. The van der Waals surface area contributed by atoms with E-state index in [-0.39, 0.29) is 16.7 Å². The van der Waals surface area contributed by atoms with Crippen LogP contribution in [0.3, 0.4) is 0 Å². The number of carbonyl (C=O) groups is 1. The Balaban J connectivity index is 1.96. The van der Waals surface area contributed by atoms with Gasteiger partial charge in [-0.3, -0.25) is 10.2 Å². The van der Waals surface area contributed by atoms with Gasteiger partial charge in [-0.1, -0.05) is 45.2 Å². The van der Waals surface area contributed by atoms with Crippen LogP contribution in [-0.4, -0.2) is 14.3 Å². The van der Waals surface area contributed by atoms with Crippen molar-refractivity contribution < 1.29 is 13.2 Å². The first-order valence-electron chi connectivity index (χ1n) is 7.82. The van der Waals surface area contributed by atoms with Gasteiger partial charge in [-0.15, -0.1) is 4.83 Å². The lowest BCUT2D eigenvalue weighted by molar-refractivity contribution is -0.126. The molecule has 22 heavy (non-hydrogen) atoms. The molecule has 0 spiro atoms. The molecule has 2 N–H and O–H groups in total. The molecular formula is C16H24N2O3S. The molecule has 1 saturated carbocycles. The van der Waals surface area contributed by atoms with Gasteiger partial charge in [0.15, 0.2) is 0 Å². The normalized spacial score (nSPS) is 16.7. The van der Waals surface area contributed by atoms with Gasteiger partial charge in [-0.25, -0.2) is 8.42 Å². The molecule has 1 aromatic rings. The number of carbonyl (C=O) groups excluding carboxylic acids is 1. The van der Waals surface area contributed by atoms with Gasteiger partial charge in [-0.05, 0) is 36.5 Å². The number of sulfonamides is 1. The van der Waals surface area contributed by atoms with Gasteiger partial charge < -0.3 is 0 Å². The molecule has 1 aliphatic rings. The van der Waals surface area contributed by atoms with Crippen molar-refractivity contribution in [3.05, 3.63) is 29.8 Å². The molecule has 6 heteroatoms. The van der Waals surface area contributed by atoms with Gasteiger partial charge in [0.25, 0.3) is 10.0 Å². The zero-order valence-electron chi connectivity index (χ0n) is 13.1. The lowest BCUT2D eigenvalue weighted by Crippen LogP contribution is -2.44. The van der Waals surface area contributed by atoms with Gasteiger partial charge in [0.1, 0.15) is 0 Å². The van der Waals surface area contributed by atoms with Crippen molar-refractivity contribution in [3.63, 3.8) is 0 Å². The topological polar surface area (TPSA) is 75.3 Å². The summed E-state index contributed by atoms with van der Waals surface area (Å²) < 4.78 is 24.3. The summed E-state index contributed by atoms with van der Waals surface area (Å²) in [6.07, 6.45) is 4.87. The van der Waals surface area contributed by atoms with Crippen LogP contribution in [0.15, 0.2) is 29.2 Å². The Morgan fingerprint density at radius 2 is 1.68 bits per heavy atom. The van der Waals surface area contributed by atoms with Crippen LogP contribution in [0.2, 0.25) is 0 Å². The van der Waals surface area contributed by atoms with Gasteiger partial charge in [0.2, 0.25) is 5.91 Å². The Morgan fingerprint density at radius 1 is 1.09 bits per heavy atom. The summed E-state index contributed by atoms with van der Waals surface area (Å²) in [5.41, 5.74) is 3.43. The van der Waals surface area contributed by atoms with Gasteiger partial charge >= 0.3 is 0 Å². The van der Waals surface area contributed by atoms with E-state index in [1.54, 1.807) is 24.3 Å². The molecule has 0 bridgehead atoms. The highest BCUT2D eigenvalue weighted by molar-refractivity contribution is 7.89. The maximum Gasteiger partial charge on any atom is 0.257 e. The van der Waals surface area contributed by atoms with Crippen LogP contribution in [0.25, 0.3) is 0 Å². The molecule has 5 nitrogen and oxygen atoms in total. The molecule has 0 unspecified atom stereocenters. The van der Waals surface area contributed by atoms with Crippen molar-refractivity contribution in [1.29, 1.82) is 0 Å². The molecule has 2 rings (SSSR count). The number of hydrogen-bond acceptors (Lipinski definition) is 3. The van der Waals surface area contributed by atoms with E-state index in [1.807, 2.05) is 13.8 Å². The third kappa shape index (κ3) is 4.30. The highest BCUT2D eigenvalue weighted by Gasteiger charge is 2.23. The summed E-state index contributed by atoms with van der Waals surface area (Å²) in [6.45, 7) is 4.10. The average molecular weight is 324 g/mol. The Hall–Kier alpha value is -1.40. The van der Waals surface area contributed by atoms with Gasteiger partial charge in [0, 0.05) is 5.92 Å². The van der Waals surface area contributed by atoms with Crippen molar-refractivity contribution in [2.24, 2.45) is 5.92 Å². The number of nitrogens with one attached hydrogen (secondary N) is 2. The predicted molar refractivity (Wildman–Crippen MR) is 85.6 cm³/mol. The molecular weight excluding hydrogens is 300 g/mol. The highest BCUT2D eigenvalue weighted by Crippen LogP contribution is 2.23. The van der Waals surface area contributed by atoms with Crippen molar-refractivity contribution in [2.45, 2.75) is 56.8 Å². The van der Waals surface area contributed by atoms with E-state index in [2.05, 4.69) is 10.3 Å². The fraction of sp³-hybridized carbons (Fsp3) is 0.562. The van der Waals surface area contributed by atoms with Crippen molar-refractivity contribution in [2.75, 3.05) is 0 Å². The second-order valence-corrected chi connectivity index (χ2v) is 7.84. The number of amides is 1. The van der Waals surface area contributed by atoms with Crippen LogP contribution in [0.1, 0.15) is 57.4 Å². The number of hydrazine groups is 1. The summed E-state index contributed by atoms with van der Waals surface area (Å²) in [7, 11) is -3.72. The summed E-state index contributed by atoms with van der Waals surface area (Å²) in [4.78, 5) is 14.3. The van der Waals surface area contributed by atoms with Crippen molar-refractivity contribution in [3.8, 4) is 0 Å². The van der Waals surface area contributed by atoms with Crippen LogP contribution in [-0.2, 0) is 14.8 Å². The minimum absolute atomic E-state index is 0.0835. The number of hydrogen-bond donors (Lipinski definition) is 2. The van der Waals surface area contributed by atoms with E-state index in [0.717, 1.165) is 37.7 Å². The van der Waals surface area contributed by atoms with Gasteiger partial charge in [0.05, 0.1) is 4.90 Å². The molecule has 1 amide bonds. The largest absolute Gasteiger partial charge is 0.277 e. The molecule has 0 aromatic heterocycles.